The molecule has 2 N–H and O–H groups in total. The quantitative estimate of drug-likeness (QED) is 0.647. The lowest BCUT2D eigenvalue weighted by Gasteiger charge is -2.38. The first kappa shape index (κ1) is 16.4. The minimum atomic E-state index is -0.781. The summed E-state index contributed by atoms with van der Waals surface area (Å²) in [7, 11) is 5.87. The minimum absolute atomic E-state index is 0.274. The van der Waals surface area contributed by atoms with Crippen molar-refractivity contribution in [2.75, 3.05) is 40.8 Å². The number of nitrogens with zero attached hydrogens (tertiary/aromatic N) is 2. The molecule has 1 fully saturated rings. The van der Waals surface area contributed by atoms with E-state index >= 15 is 0 Å². The summed E-state index contributed by atoms with van der Waals surface area (Å²) in [4.78, 5) is 16.1. The molecule has 5 heteroatoms. The van der Waals surface area contributed by atoms with Gasteiger partial charge in [0, 0.05) is 19.1 Å². The van der Waals surface area contributed by atoms with E-state index in [1.165, 1.54) is 0 Å². The Morgan fingerprint density at radius 1 is 1.47 bits per heavy atom. The first-order chi connectivity index (χ1) is 8.87. The average molecular weight is 271 g/mol. The highest BCUT2D eigenvalue weighted by Gasteiger charge is 2.51. The van der Waals surface area contributed by atoms with Crippen molar-refractivity contribution in [3.63, 3.8) is 0 Å². The molecule has 0 amide bonds. The van der Waals surface area contributed by atoms with Gasteiger partial charge in [-0.25, -0.2) is 0 Å². The molecule has 0 saturated heterocycles. The molecule has 0 bridgehead atoms. The van der Waals surface area contributed by atoms with Crippen LogP contribution in [0.3, 0.4) is 0 Å². The van der Waals surface area contributed by atoms with Crippen molar-refractivity contribution in [2.24, 2.45) is 5.92 Å². The number of carboxylic acids is 1. The second kappa shape index (κ2) is 6.68. The van der Waals surface area contributed by atoms with Gasteiger partial charge in [0.25, 0.3) is 0 Å². The molecule has 1 saturated carbocycles. The van der Waals surface area contributed by atoms with Crippen LogP contribution in [-0.4, -0.2) is 73.2 Å². The van der Waals surface area contributed by atoms with Gasteiger partial charge in [-0.15, -0.1) is 0 Å². The molecule has 0 aromatic carbocycles. The van der Waals surface area contributed by atoms with Crippen LogP contribution in [0.1, 0.15) is 26.7 Å². The molecule has 0 heterocycles. The molecule has 1 aliphatic rings. The maximum atomic E-state index is 11.7. The van der Waals surface area contributed by atoms with Gasteiger partial charge in [-0.05, 0) is 53.4 Å². The van der Waals surface area contributed by atoms with Crippen molar-refractivity contribution >= 4 is 5.97 Å². The number of likely N-dealkylation sites (N-methyl/N-ethyl adjacent to an activating group) is 3. The standard InChI is InChI=1S/C14H29N3O2/c1-6-17(11(2)9-16(4)5)10-14(15-3,13(18)19)12-7-8-12/h11-12,15H,6-10H2,1-5H3,(H,18,19). The fourth-order valence-corrected chi connectivity index (χ4v) is 2.88. The van der Waals surface area contributed by atoms with E-state index in [0.29, 0.717) is 12.6 Å². The molecule has 2 unspecified atom stereocenters. The van der Waals surface area contributed by atoms with Gasteiger partial charge in [0.05, 0.1) is 0 Å². The highest BCUT2D eigenvalue weighted by atomic mass is 16.4. The fourth-order valence-electron chi connectivity index (χ4n) is 2.88. The molecule has 0 radical (unpaired) electrons. The van der Waals surface area contributed by atoms with Crippen LogP contribution in [0, 0.1) is 5.92 Å². The summed E-state index contributed by atoms with van der Waals surface area (Å²) in [5.74, 6) is -0.441. The Morgan fingerprint density at radius 2 is 2.05 bits per heavy atom. The monoisotopic (exact) mass is 271 g/mol. The van der Waals surface area contributed by atoms with Gasteiger partial charge in [0.1, 0.15) is 5.54 Å². The van der Waals surface area contributed by atoms with E-state index in [-0.39, 0.29) is 5.92 Å². The van der Waals surface area contributed by atoms with Gasteiger partial charge in [-0.1, -0.05) is 6.92 Å². The first-order valence-corrected chi connectivity index (χ1v) is 7.18. The van der Waals surface area contributed by atoms with Gasteiger partial charge in [-0.2, -0.15) is 0 Å². The number of nitrogens with one attached hydrogen (secondary N) is 1. The molecule has 0 spiro atoms. The molecule has 0 aliphatic heterocycles. The van der Waals surface area contributed by atoms with E-state index in [9.17, 15) is 9.90 Å². The van der Waals surface area contributed by atoms with Crippen molar-refractivity contribution in [1.82, 2.24) is 15.1 Å². The molecule has 0 aromatic heterocycles. The Morgan fingerprint density at radius 3 is 2.37 bits per heavy atom. The van der Waals surface area contributed by atoms with Gasteiger partial charge >= 0.3 is 5.97 Å². The van der Waals surface area contributed by atoms with E-state index < -0.39 is 11.5 Å². The SMILES string of the molecule is CCN(CC(NC)(C(=O)O)C1CC1)C(C)CN(C)C. The van der Waals surface area contributed by atoms with E-state index in [2.05, 4.69) is 29.0 Å². The Labute approximate surface area is 117 Å². The van der Waals surface area contributed by atoms with Gasteiger partial charge < -0.3 is 15.3 Å². The maximum absolute atomic E-state index is 11.7. The normalized spacial score (nSPS) is 20.6. The Kier molecular flexibility index (Phi) is 5.77. The predicted octanol–water partition coefficient (Wildman–Crippen LogP) is 0.711. The zero-order valence-electron chi connectivity index (χ0n) is 12.9. The summed E-state index contributed by atoms with van der Waals surface area (Å²) < 4.78 is 0. The second-order valence-corrected chi connectivity index (χ2v) is 5.98. The second-order valence-electron chi connectivity index (χ2n) is 5.98. The van der Waals surface area contributed by atoms with Crippen molar-refractivity contribution in [3.05, 3.63) is 0 Å². The van der Waals surface area contributed by atoms with Crippen LogP contribution in [0.25, 0.3) is 0 Å². The highest BCUT2D eigenvalue weighted by Crippen LogP contribution is 2.40. The third kappa shape index (κ3) is 3.91. The fraction of sp³-hybridized carbons (Fsp3) is 0.929. The minimum Gasteiger partial charge on any atom is -0.480 e. The third-order valence-electron chi connectivity index (χ3n) is 4.21. The summed E-state index contributed by atoms with van der Waals surface area (Å²) in [6, 6.07) is 0.353. The van der Waals surface area contributed by atoms with Crippen molar-refractivity contribution in [2.45, 2.75) is 38.3 Å². The summed E-state index contributed by atoms with van der Waals surface area (Å²) in [5, 5.41) is 12.7. The summed E-state index contributed by atoms with van der Waals surface area (Å²) in [6.07, 6.45) is 2.04. The van der Waals surface area contributed by atoms with Crippen molar-refractivity contribution < 1.29 is 9.90 Å². The number of carbonyl (C=O) groups is 1. The summed E-state index contributed by atoms with van der Waals surface area (Å²) in [6.45, 7) is 6.66. The smallest absolute Gasteiger partial charge is 0.325 e. The van der Waals surface area contributed by atoms with Gasteiger partial charge in [-0.3, -0.25) is 9.69 Å². The van der Waals surface area contributed by atoms with Crippen LogP contribution >= 0.6 is 0 Å². The van der Waals surface area contributed by atoms with E-state index in [1.54, 1.807) is 7.05 Å². The highest BCUT2D eigenvalue weighted by molar-refractivity contribution is 5.80. The van der Waals surface area contributed by atoms with Crippen LogP contribution in [0.15, 0.2) is 0 Å². The zero-order chi connectivity index (χ0) is 14.6. The predicted molar refractivity (Wildman–Crippen MR) is 77.4 cm³/mol. The number of carboxylic acid groups (broad SMARTS) is 1. The number of hydrogen-bond acceptors (Lipinski definition) is 4. The van der Waals surface area contributed by atoms with Crippen LogP contribution < -0.4 is 5.32 Å². The Hall–Kier alpha value is -0.650. The molecule has 19 heavy (non-hydrogen) atoms. The molecule has 1 rings (SSSR count). The van der Waals surface area contributed by atoms with Gasteiger partial charge in [0.15, 0.2) is 0 Å². The number of rotatable bonds is 9. The average Bonchev–Trinajstić information content (AvgIpc) is 3.14. The largest absolute Gasteiger partial charge is 0.480 e. The molecular weight excluding hydrogens is 242 g/mol. The van der Waals surface area contributed by atoms with Crippen molar-refractivity contribution in [3.8, 4) is 0 Å². The molecule has 1 aliphatic carbocycles. The van der Waals surface area contributed by atoms with Gasteiger partial charge in [0.2, 0.25) is 0 Å². The molecule has 5 nitrogen and oxygen atoms in total. The summed E-state index contributed by atoms with van der Waals surface area (Å²) in [5.41, 5.74) is -0.781. The number of hydrogen-bond donors (Lipinski definition) is 2. The molecule has 0 aromatic rings. The molecule has 112 valence electrons. The van der Waals surface area contributed by atoms with Crippen LogP contribution in [0.4, 0.5) is 0 Å². The topological polar surface area (TPSA) is 55.8 Å². The van der Waals surface area contributed by atoms with E-state index in [0.717, 1.165) is 25.9 Å². The van der Waals surface area contributed by atoms with Crippen LogP contribution in [0.2, 0.25) is 0 Å². The first-order valence-electron chi connectivity index (χ1n) is 7.18. The Balaban J connectivity index is 2.78. The lowest BCUT2D eigenvalue weighted by molar-refractivity contribution is -0.147. The summed E-state index contributed by atoms with van der Waals surface area (Å²) >= 11 is 0. The molecular formula is C14H29N3O2. The maximum Gasteiger partial charge on any atom is 0.325 e. The third-order valence-corrected chi connectivity index (χ3v) is 4.21. The van der Waals surface area contributed by atoms with Crippen LogP contribution in [-0.2, 0) is 4.79 Å². The lowest BCUT2D eigenvalue weighted by Crippen LogP contribution is -2.61. The zero-order valence-corrected chi connectivity index (χ0v) is 12.9. The van der Waals surface area contributed by atoms with Crippen molar-refractivity contribution in [1.29, 1.82) is 0 Å². The number of aliphatic carboxylic acids is 1. The molecule has 2 atom stereocenters. The van der Waals surface area contributed by atoms with E-state index in [4.69, 9.17) is 0 Å². The lowest BCUT2D eigenvalue weighted by atomic mass is 9.92. The van der Waals surface area contributed by atoms with Crippen LogP contribution in [0.5, 0.6) is 0 Å². The Bertz CT molecular complexity index is 305. The van der Waals surface area contributed by atoms with E-state index in [1.807, 2.05) is 14.1 Å².